The largest absolute Gasteiger partial charge is 0.357 e. The van der Waals surface area contributed by atoms with E-state index in [1.54, 1.807) is 22.7 Å². The van der Waals surface area contributed by atoms with E-state index in [1.807, 2.05) is 13.8 Å². The van der Waals surface area contributed by atoms with Crippen LogP contribution in [0.2, 0.25) is 0 Å². The van der Waals surface area contributed by atoms with Crippen molar-refractivity contribution in [2.75, 3.05) is 13.1 Å². The van der Waals surface area contributed by atoms with Crippen molar-refractivity contribution >= 4 is 28.6 Å². The minimum absolute atomic E-state index is 0.670. The number of hydrogen-bond acceptors (Lipinski definition) is 5. The van der Waals surface area contributed by atoms with Gasteiger partial charge in [0.1, 0.15) is 0 Å². The zero-order valence-electron chi connectivity index (χ0n) is 15.2. The molecule has 0 aliphatic carbocycles. The van der Waals surface area contributed by atoms with Gasteiger partial charge >= 0.3 is 0 Å². The van der Waals surface area contributed by atoms with Gasteiger partial charge in [-0.3, -0.25) is 0 Å². The zero-order valence-corrected chi connectivity index (χ0v) is 16.8. The molecule has 0 spiro atoms. The van der Waals surface area contributed by atoms with Crippen LogP contribution in [0.4, 0.5) is 0 Å². The second kappa shape index (κ2) is 9.13. The van der Waals surface area contributed by atoms with Crippen LogP contribution in [0.25, 0.3) is 0 Å². The highest BCUT2D eigenvalue weighted by Gasteiger charge is 2.07. The number of thiazole rings is 2. The minimum atomic E-state index is 0.670. The van der Waals surface area contributed by atoms with E-state index in [2.05, 4.69) is 41.4 Å². The Kier molecular flexibility index (Phi) is 7.17. The molecule has 0 atom stereocenters. The van der Waals surface area contributed by atoms with Gasteiger partial charge in [0.2, 0.25) is 0 Å². The molecule has 0 radical (unpaired) electrons. The molecule has 0 aromatic carbocycles. The maximum atomic E-state index is 4.69. The lowest BCUT2D eigenvalue weighted by Gasteiger charge is -2.10. The summed E-state index contributed by atoms with van der Waals surface area (Å²) in [5.41, 5.74) is 2.31. The summed E-state index contributed by atoms with van der Waals surface area (Å²) >= 11 is 3.52. The molecular formula is C17H27N5S2. The SMILES string of the molecule is CCNC(=NCc1sc(C)nc1C)NCCc1nc(CC)c(C)s1. The number of aryl methyl sites for hydroxylation is 4. The summed E-state index contributed by atoms with van der Waals surface area (Å²) in [6.07, 6.45) is 1.93. The first-order chi connectivity index (χ1) is 11.5. The summed E-state index contributed by atoms with van der Waals surface area (Å²) in [4.78, 5) is 16.4. The fourth-order valence-electron chi connectivity index (χ4n) is 2.42. The number of rotatable bonds is 7. The van der Waals surface area contributed by atoms with Gasteiger partial charge < -0.3 is 10.6 Å². The van der Waals surface area contributed by atoms with Crippen LogP contribution in [0, 0.1) is 20.8 Å². The van der Waals surface area contributed by atoms with E-state index in [9.17, 15) is 0 Å². The Morgan fingerprint density at radius 3 is 2.46 bits per heavy atom. The van der Waals surface area contributed by atoms with E-state index in [0.717, 1.165) is 42.6 Å². The molecule has 0 aliphatic rings. The standard InChI is InChI=1S/C17H27N5S2/c1-6-14-12(4)23-16(22-14)8-9-19-17(18-7-2)20-10-15-11(3)21-13(5)24-15/h6-10H2,1-5H3,(H2,18,19,20). The summed E-state index contributed by atoms with van der Waals surface area (Å²) in [6, 6.07) is 0. The van der Waals surface area contributed by atoms with Crippen molar-refractivity contribution in [3.8, 4) is 0 Å². The number of guanidine groups is 1. The molecule has 2 aromatic heterocycles. The Labute approximate surface area is 152 Å². The van der Waals surface area contributed by atoms with Crippen LogP contribution in [-0.2, 0) is 19.4 Å². The van der Waals surface area contributed by atoms with Crippen LogP contribution in [0.5, 0.6) is 0 Å². The molecule has 7 heteroatoms. The van der Waals surface area contributed by atoms with E-state index in [-0.39, 0.29) is 0 Å². The number of nitrogens with one attached hydrogen (secondary N) is 2. The molecule has 24 heavy (non-hydrogen) atoms. The van der Waals surface area contributed by atoms with Gasteiger partial charge in [0.25, 0.3) is 0 Å². The predicted octanol–water partition coefficient (Wildman–Crippen LogP) is 3.39. The Morgan fingerprint density at radius 2 is 1.88 bits per heavy atom. The molecular weight excluding hydrogens is 338 g/mol. The fourth-order valence-corrected chi connectivity index (χ4v) is 4.31. The number of nitrogens with zero attached hydrogens (tertiary/aromatic N) is 3. The topological polar surface area (TPSA) is 62.2 Å². The van der Waals surface area contributed by atoms with E-state index >= 15 is 0 Å². The van der Waals surface area contributed by atoms with Gasteiger partial charge in [0.05, 0.1) is 27.9 Å². The van der Waals surface area contributed by atoms with E-state index in [0.29, 0.717) is 6.54 Å². The monoisotopic (exact) mass is 365 g/mol. The molecule has 0 saturated carbocycles. The van der Waals surface area contributed by atoms with Crippen LogP contribution >= 0.6 is 22.7 Å². The van der Waals surface area contributed by atoms with Crippen LogP contribution < -0.4 is 10.6 Å². The summed E-state index contributed by atoms with van der Waals surface area (Å²) in [6.45, 7) is 12.8. The molecule has 2 N–H and O–H groups in total. The summed E-state index contributed by atoms with van der Waals surface area (Å²) in [5, 5.41) is 9.00. The van der Waals surface area contributed by atoms with Gasteiger partial charge in [0.15, 0.2) is 5.96 Å². The molecule has 2 heterocycles. The Morgan fingerprint density at radius 1 is 1.08 bits per heavy atom. The first-order valence-electron chi connectivity index (χ1n) is 8.43. The lowest BCUT2D eigenvalue weighted by molar-refractivity contribution is 0.794. The fraction of sp³-hybridized carbons (Fsp3) is 0.588. The molecule has 132 valence electrons. The van der Waals surface area contributed by atoms with Gasteiger partial charge in [-0.2, -0.15) is 0 Å². The van der Waals surface area contributed by atoms with Gasteiger partial charge in [-0.05, 0) is 34.1 Å². The molecule has 5 nitrogen and oxygen atoms in total. The third kappa shape index (κ3) is 5.27. The van der Waals surface area contributed by atoms with Crippen molar-refractivity contribution in [2.24, 2.45) is 4.99 Å². The summed E-state index contributed by atoms with van der Waals surface area (Å²) in [5.74, 6) is 0.854. The van der Waals surface area contributed by atoms with Crippen molar-refractivity contribution in [1.82, 2.24) is 20.6 Å². The quantitative estimate of drug-likeness (QED) is 0.583. The van der Waals surface area contributed by atoms with Crippen LogP contribution in [0.1, 0.15) is 45.0 Å². The van der Waals surface area contributed by atoms with Crippen LogP contribution in [0.3, 0.4) is 0 Å². The molecule has 0 bridgehead atoms. The molecule has 0 aliphatic heterocycles. The molecule has 0 amide bonds. The van der Waals surface area contributed by atoms with Gasteiger partial charge in [-0.15, -0.1) is 22.7 Å². The second-order valence-corrected chi connectivity index (χ2v) is 8.15. The minimum Gasteiger partial charge on any atom is -0.357 e. The smallest absolute Gasteiger partial charge is 0.191 e. The third-order valence-electron chi connectivity index (χ3n) is 3.63. The van der Waals surface area contributed by atoms with Crippen molar-refractivity contribution in [1.29, 1.82) is 0 Å². The van der Waals surface area contributed by atoms with E-state index < -0.39 is 0 Å². The van der Waals surface area contributed by atoms with E-state index in [4.69, 9.17) is 4.98 Å². The van der Waals surface area contributed by atoms with Gasteiger partial charge in [-0.25, -0.2) is 15.0 Å². The Bertz CT molecular complexity index is 687. The lowest BCUT2D eigenvalue weighted by atomic mass is 10.3. The number of aliphatic imine (C=N–C) groups is 1. The lowest BCUT2D eigenvalue weighted by Crippen LogP contribution is -2.38. The molecule has 0 fully saturated rings. The predicted molar refractivity (Wildman–Crippen MR) is 104 cm³/mol. The Hall–Kier alpha value is -1.47. The van der Waals surface area contributed by atoms with E-state index in [1.165, 1.54) is 20.5 Å². The number of hydrogen-bond donors (Lipinski definition) is 2. The highest BCUT2D eigenvalue weighted by molar-refractivity contribution is 7.11. The summed E-state index contributed by atoms with van der Waals surface area (Å²) in [7, 11) is 0. The average molecular weight is 366 g/mol. The highest BCUT2D eigenvalue weighted by Crippen LogP contribution is 2.18. The first kappa shape index (κ1) is 18.9. The van der Waals surface area contributed by atoms with Crippen LogP contribution in [0.15, 0.2) is 4.99 Å². The Balaban J connectivity index is 1.90. The highest BCUT2D eigenvalue weighted by atomic mass is 32.1. The maximum Gasteiger partial charge on any atom is 0.191 e. The van der Waals surface area contributed by atoms with Gasteiger partial charge in [-0.1, -0.05) is 6.92 Å². The molecule has 0 unspecified atom stereocenters. The van der Waals surface area contributed by atoms with Gasteiger partial charge in [0, 0.05) is 29.3 Å². The number of aromatic nitrogens is 2. The zero-order chi connectivity index (χ0) is 17.5. The van der Waals surface area contributed by atoms with Crippen molar-refractivity contribution in [2.45, 2.75) is 54.0 Å². The maximum absolute atomic E-state index is 4.69. The van der Waals surface area contributed by atoms with Crippen LogP contribution in [-0.4, -0.2) is 29.0 Å². The van der Waals surface area contributed by atoms with Crippen molar-refractivity contribution in [3.05, 3.63) is 31.2 Å². The first-order valence-corrected chi connectivity index (χ1v) is 10.1. The second-order valence-electron chi connectivity index (χ2n) is 5.58. The normalized spacial score (nSPS) is 11.8. The summed E-state index contributed by atoms with van der Waals surface area (Å²) < 4.78 is 0. The molecule has 2 rings (SSSR count). The van der Waals surface area contributed by atoms with Crippen molar-refractivity contribution in [3.63, 3.8) is 0 Å². The average Bonchev–Trinajstić information content (AvgIpc) is 3.06. The van der Waals surface area contributed by atoms with Crippen molar-refractivity contribution < 1.29 is 0 Å². The molecule has 0 saturated heterocycles. The molecule has 2 aromatic rings. The third-order valence-corrected chi connectivity index (χ3v) is 5.76.